The summed E-state index contributed by atoms with van der Waals surface area (Å²) in [5, 5.41) is 6.09. The molecule has 0 aliphatic carbocycles. The first kappa shape index (κ1) is 24.1. The van der Waals surface area contributed by atoms with Gasteiger partial charge in [-0.3, -0.25) is 4.79 Å². The van der Waals surface area contributed by atoms with E-state index in [4.69, 9.17) is 14.5 Å². The van der Waals surface area contributed by atoms with Crippen LogP contribution in [0.4, 0.5) is 28.8 Å². The quantitative estimate of drug-likeness (QED) is 0.236. The lowest BCUT2D eigenvalue weighted by molar-refractivity contribution is -0.111. The van der Waals surface area contributed by atoms with Gasteiger partial charge >= 0.3 is 0 Å². The summed E-state index contributed by atoms with van der Waals surface area (Å²) in [5.74, 6) is 1.72. The van der Waals surface area contributed by atoms with Crippen LogP contribution in [-0.2, 0) is 9.53 Å². The first-order valence-corrected chi connectivity index (χ1v) is 11.4. The van der Waals surface area contributed by atoms with Gasteiger partial charge in [0.15, 0.2) is 0 Å². The topological polar surface area (TPSA) is 88.6 Å². The molecule has 0 spiro atoms. The van der Waals surface area contributed by atoms with Crippen molar-refractivity contribution >= 4 is 46.5 Å². The van der Waals surface area contributed by atoms with E-state index in [1.54, 1.807) is 25.1 Å². The average Bonchev–Trinajstić information content (AvgIpc) is 2.84. The van der Waals surface area contributed by atoms with Crippen LogP contribution in [0.2, 0.25) is 0 Å². The van der Waals surface area contributed by atoms with E-state index in [0.29, 0.717) is 30.7 Å². The third-order valence-corrected chi connectivity index (χ3v) is 5.36. The summed E-state index contributed by atoms with van der Waals surface area (Å²) in [6.07, 6.45) is 4.99. The molecule has 0 fully saturated rings. The van der Waals surface area contributed by atoms with Crippen molar-refractivity contribution in [2.45, 2.75) is 4.90 Å². The van der Waals surface area contributed by atoms with Crippen LogP contribution in [0.25, 0.3) is 0 Å². The van der Waals surface area contributed by atoms with Crippen molar-refractivity contribution in [3.63, 3.8) is 0 Å². The molecule has 0 saturated heterocycles. The number of thioether (sulfide) groups is 1. The zero-order valence-electron chi connectivity index (χ0n) is 18.9. The minimum atomic E-state index is -0.266. The Kier molecular flexibility index (Phi) is 8.68. The maximum atomic E-state index is 11.6. The number of hydrogen-bond acceptors (Lipinski definition) is 8. The molecule has 0 saturated carbocycles. The average molecular weight is 466 g/mol. The Morgan fingerprint density at radius 2 is 1.94 bits per heavy atom. The van der Waals surface area contributed by atoms with E-state index in [-0.39, 0.29) is 5.91 Å². The van der Waals surface area contributed by atoms with Crippen molar-refractivity contribution in [1.29, 1.82) is 0 Å². The predicted octanol–water partition coefficient (Wildman–Crippen LogP) is 4.86. The van der Waals surface area contributed by atoms with Gasteiger partial charge in [-0.15, -0.1) is 11.8 Å². The molecule has 3 aromatic rings. The van der Waals surface area contributed by atoms with Crippen LogP contribution < -0.4 is 20.3 Å². The normalized spacial score (nSPS) is 10.4. The number of ether oxygens (including phenoxy) is 2. The first-order chi connectivity index (χ1) is 16.0. The molecule has 172 valence electrons. The second-order valence-electron chi connectivity index (χ2n) is 6.88. The van der Waals surface area contributed by atoms with Crippen LogP contribution >= 0.6 is 11.8 Å². The highest BCUT2D eigenvalue weighted by molar-refractivity contribution is 7.98. The van der Waals surface area contributed by atoms with Crippen LogP contribution in [-0.4, -0.2) is 49.5 Å². The molecule has 1 aromatic heterocycles. The molecule has 0 unspecified atom stereocenters. The molecule has 3 rings (SSSR count). The van der Waals surface area contributed by atoms with E-state index in [2.05, 4.69) is 22.2 Å². The fourth-order valence-corrected chi connectivity index (χ4v) is 3.34. The summed E-state index contributed by atoms with van der Waals surface area (Å²) in [6, 6.07) is 15.1. The van der Waals surface area contributed by atoms with Gasteiger partial charge in [-0.2, -0.15) is 4.98 Å². The lowest BCUT2D eigenvalue weighted by atomic mass is 10.2. The Balaban J connectivity index is 1.78. The fraction of sp³-hybridized carbons (Fsp3) is 0.208. The van der Waals surface area contributed by atoms with E-state index in [1.807, 2.05) is 66.7 Å². The second-order valence-corrected chi connectivity index (χ2v) is 7.73. The Labute approximate surface area is 198 Å². The molecule has 1 heterocycles. The minimum absolute atomic E-state index is 0.266. The van der Waals surface area contributed by atoms with Crippen molar-refractivity contribution in [3.8, 4) is 5.75 Å². The van der Waals surface area contributed by atoms with Crippen LogP contribution in [0.5, 0.6) is 5.75 Å². The number of rotatable bonds is 11. The van der Waals surface area contributed by atoms with Gasteiger partial charge in [0.05, 0.1) is 11.5 Å². The molecule has 1 amide bonds. The number of nitrogens with one attached hydrogen (secondary N) is 2. The molecule has 0 aliphatic rings. The molecule has 9 heteroatoms. The molecule has 0 bridgehead atoms. The smallest absolute Gasteiger partial charge is 0.247 e. The van der Waals surface area contributed by atoms with Crippen LogP contribution in [0.3, 0.4) is 0 Å². The Bertz CT molecular complexity index is 1090. The fourth-order valence-electron chi connectivity index (χ4n) is 2.89. The highest BCUT2D eigenvalue weighted by Crippen LogP contribution is 2.30. The summed E-state index contributed by atoms with van der Waals surface area (Å²) in [6.45, 7) is 4.51. The monoisotopic (exact) mass is 465 g/mol. The van der Waals surface area contributed by atoms with Gasteiger partial charge in [0.2, 0.25) is 11.9 Å². The Morgan fingerprint density at radius 1 is 1.18 bits per heavy atom. The number of hydrogen-bond donors (Lipinski definition) is 2. The molecular formula is C24H27N5O3S. The highest BCUT2D eigenvalue weighted by atomic mass is 32.2. The maximum absolute atomic E-state index is 11.6. The number of nitrogens with zero attached hydrogens (tertiary/aromatic N) is 3. The Morgan fingerprint density at radius 3 is 2.64 bits per heavy atom. The second kappa shape index (κ2) is 11.9. The number of amides is 1. The van der Waals surface area contributed by atoms with Crippen molar-refractivity contribution < 1.29 is 14.3 Å². The van der Waals surface area contributed by atoms with Gasteiger partial charge in [0.25, 0.3) is 0 Å². The molecule has 0 radical (unpaired) electrons. The SMILES string of the molecule is C=CC(=O)Nc1cccc(Nc2nc(N(C)c3ccc(OCCOC)cc3)ncc2SC)c1. The molecular weight excluding hydrogens is 438 g/mol. The summed E-state index contributed by atoms with van der Waals surface area (Å²) in [7, 11) is 3.55. The van der Waals surface area contributed by atoms with Crippen LogP contribution in [0.1, 0.15) is 0 Å². The molecule has 8 nitrogen and oxygen atoms in total. The minimum Gasteiger partial charge on any atom is -0.491 e. The van der Waals surface area contributed by atoms with Gasteiger partial charge < -0.3 is 25.0 Å². The highest BCUT2D eigenvalue weighted by Gasteiger charge is 2.12. The van der Waals surface area contributed by atoms with Crippen molar-refractivity contribution in [3.05, 3.63) is 67.4 Å². The predicted molar refractivity (Wildman–Crippen MR) is 134 cm³/mol. The zero-order valence-corrected chi connectivity index (χ0v) is 19.7. The van der Waals surface area contributed by atoms with Crippen LogP contribution in [0, 0.1) is 0 Å². The number of methoxy groups -OCH3 is 1. The third kappa shape index (κ3) is 6.71. The first-order valence-electron chi connectivity index (χ1n) is 10.2. The molecule has 2 N–H and O–H groups in total. The molecule has 0 aliphatic heterocycles. The van der Waals surface area contributed by atoms with E-state index < -0.39 is 0 Å². The summed E-state index contributed by atoms with van der Waals surface area (Å²) >= 11 is 1.54. The van der Waals surface area contributed by atoms with E-state index in [0.717, 1.165) is 22.0 Å². The number of anilines is 5. The number of aromatic nitrogens is 2. The number of carbonyl (C=O) groups excluding carboxylic acids is 1. The third-order valence-electron chi connectivity index (χ3n) is 4.62. The van der Waals surface area contributed by atoms with Crippen molar-refractivity contribution in [1.82, 2.24) is 9.97 Å². The van der Waals surface area contributed by atoms with Gasteiger partial charge in [0.1, 0.15) is 18.2 Å². The van der Waals surface area contributed by atoms with Gasteiger partial charge in [-0.05, 0) is 54.8 Å². The maximum Gasteiger partial charge on any atom is 0.247 e. The van der Waals surface area contributed by atoms with Crippen LogP contribution in [0.15, 0.2) is 72.3 Å². The zero-order chi connectivity index (χ0) is 23.6. The van der Waals surface area contributed by atoms with Gasteiger partial charge in [-0.1, -0.05) is 12.6 Å². The van der Waals surface area contributed by atoms with E-state index in [9.17, 15) is 4.79 Å². The van der Waals surface area contributed by atoms with Gasteiger partial charge in [0, 0.05) is 37.4 Å². The molecule has 2 aromatic carbocycles. The largest absolute Gasteiger partial charge is 0.491 e. The van der Waals surface area contributed by atoms with E-state index >= 15 is 0 Å². The molecule has 0 atom stereocenters. The van der Waals surface area contributed by atoms with E-state index in [1.165, 1.54) is 6.08 Å². The summed E-state index contributed by atoms with van der Waals surface area (Å²) < 4.78 is 10.6. The lowest BCUT2D eigenvalue weighted by Crippen LogP contribution is -2.14. The lowest BCUT2D eigenvalue weighted by Gasteiger charge is -2.19. The standard InChI is InChI=1S/C24H27N5O3S/c1-5-22(30)26-17-7-6-8-18(15-17)27-23-21(33-4)16-25-24(28-23)29(2)19-9-11-20(12-10-19)32-14-13-31-3/h5-12,15-16H,1,13-14H2,2-4H3,(H,26,30)(H,25,27,28). The summed E-state index contributed by atoms with van der Waals surface area (Å²) in [5.41, 5.74) is 2.37. The Hall–Kier alpha value is -3.56. The summed E-state index contributed by atoms with van der Waals surface area (Å²) in [4.78, 5) is 23.6. The van der Waals surface area contributed by atoms with Crippen molar-refractivity contribution in [2.75, 3.05) is 49.2 Å². The number of carbonyl (C=O) groups is 1. The molecule has 33 heavy (non-hydrogen) atoms. The van der Waals surface area contributed by atoms with Gasteiger partial charge in [-0.25, -0.2) is 4.98 Å². The number of benzene rings is 2. The van der Waals surface area contributed by atoms with Crippen molar-refractivity contribution in [2.24, 2.45) is 0 Å².